The van der Waals surface area contributed by atoms with Crippen LogP contribution < -0.4 is 21.1 Å². The highest BCUT2D eigenvalue weighted by Crippen LogP contribution is 2.28. The first-order chi connectivity index (χ1) is 16.5. The molecule has 1 unspecified atom stereocenters. The van der Waals surface area contributed by atoms with Crippen LogP contribution in [0.5, 0.6) is 5.75 Å². The van der Waals surface area contributed by atoms with Crippen molar-refractivity contribution in [3.05, 3.63) is 29.3 Å². The summed E-state index contributed by atoms with van der Waals surface area (Å²) < 4.78 is 11.5. The number of nitrogens with zero attached hydrogens (tertiary/aromatic N) is 1. The van der Waals surface area contributed by atoms with Gasteiger partial charge in [-0.25, -0.2) is 4.79 Å². The van der Waals surface area contributed by atoms with E-state index in [4.69, 9.17) is 15.2 Å². The third-order valence-electron chi connectivity index (χ3n) is 7.07. The minimum absolute atomic E-state index is 0.214. The highest BCUT2D eigenvalue weighted by atomic mass is 16.6. The maximum atomic E-state index is 13.4. The van der Waals surface area contributed by atoms with Crippen molar-refractivity contribution in [1.29, 1.82) is 0 Å². The SMILES string of the molecule is Cc1cc(OCC[C@@H](C)C2CCNCC2)ccc1C(NC(=O)OC(C)(C)C)C(=O)N1CCC[C@H]1N. The van der Waals surface area contributed by atoms with Crippen LogP contribution in [0.25, 0.3) is 0 Å². The molecule has 0 spiro atoms. The fourth-order valence-corrected chi connectivity index (χ4v) is 5.00. The first-order valence-corrected chi connectivity index (χ1v) is 13.0. The van der Waals surface area contributed by atoms with E-state index in [0.29, 0.717) is 19.1 Å². The second-order valence-corrected chi connectivity index (χ2v) is 11.0. The predicted molar refractivity (Wildman–Crippen MR) is 137 cm³/mol. The Hall–Kier alpha value is -2.32. The Labute approximate surface area is 210 Å². The number of rotatable bonds is 8. The van der Waals surface area contributed by atoms with Crippen molar-refractivity contribution in [1.82, 2.24) is 15.5 Å². The molecule has 3 atom stereocenters. The van der Waals surface area contributed by atoms with Gasteiger partial charge in [0, 0.05) is 6.54 Å². The zero-order valence-corrected chi connectivity index (χ0v) is 22.1. The number of hydrogen-bond acceptors (Lipinski definition) is 6. The highest BCUT2D eigenvalue weighted by Gasteiger charge is 2.34. The number of ether oxygens (including phenoxy) is 2. The van der Waals surface area contributed by atoms with Crippen molar-refractivity contribution < 1.29 is 19.1 Å². The molecule has 1 aromatic rings. The van der Waals surface area contributed by atoms with Gasteiger partial charge in [-0.05, 0) is 108 Å². The number of aryl methyl sites for hydroxylation is 1. The van der Waals surface area contributed by atoms with Gasteiger partial charge in [0.25, 0.3) is 5.91 Å². The van der Waals surface area contributed by atoms with Crippen LogP contribution in [0.4, 0.5) is 4.79 Å². The summed E-state index contributed by atoms with van der Waals surface area (Å²) >= 11 is 0. The highest BCUT2D eigenvalue weighted by molar-refractivity contribution is 5.87. The molecule has 35 heavy (non-hydrogen) atoms. The van der Waals surface area contributed by atoms with Crippen LogP contribution >= 0.6 is 0 Å². The summed E-state index contributed by atoms with van der Waals surface area (Å²) in [6.07, 6.45) is 4.12. The molecule has 0 aromatic heterocycles. The second-order valence-electron chi connectivity index (χ2n) is 11.0. The molecule has 0 saturated carbocycles. The minimum atomic E-state index is -0.872. The average Bonchev–Trinajstić information content (AvgIpc) is 3.22. The number of alkyl carbamates (subject to hydrolysis) is 1. The Kier molecular flexibility index (Phi) is 9.41. The lowest BCUT2D eigenvalue weighted by atomic mass is 9.84. The zero-order valence-electron chi connectivity index (χ0n) is 22.1. The molecule has 2 aliphatic rings. The molecule has 2 amide bonds. The maximum Gasteiger partial charge on any atom is 0.408 e. The third kappa shape index (κ3) is 7.84. The Balaban J connectivity index is 1.68. The number of amides is 2. The number of carbonyl (C=O) groups excluding carboxylic acids is 2. The van der Waals surface area contributed by atoms with Gasteiger partial charge in [-0.15, -0.1) is 0 Å². The van der Waals surface area contributed by atoms with E-state index in [-0.39, 0.29) is 12.1 Å². The van der Waals surface area contributed by atoms with Crippen LogP contribution in [0.2, 0.25) is 0 Å². The van der Waals surface area contributed by atoms with Crippen LogP contribution in [0.15, 0.2) is 18.2 Å². The number of nitrogens with two attached hydrogens (primary N) is 1. The van der Waals surface area contributed by atoms with Gasteiger partial charge in [-0.1, -0.05) is 13.0 Å². The van der Waals surface area contributed by atoms with Gasteiger partial charge in [0.15, 0.2) is 0 Å². The van der Waals surface area contributed by atoms with Crippen LogP contribution in [0, 0.1) is 18.8 Å². The average molecular weight is 489 g/mol. The predicted octanol–water partition coefficient (Wildman–Crippen LogP) is 3.87. The number of nitrogens with one attached hydrogen (secondary N) is 2. The van der Waals surface area contributed by atoms with E-state index in [1.807, 2.05) is 25.1 Å². The lowest BCUT2D eigenvalue weighted by Crippen LogP contribution is -2.48. The molecule has 2 saturated heterocycles. The van der Waals surface area contributed by atoms with Gasteiger partial charge in [0.05, 0.1) is 12.8 Å². The van der Waals surface area contributed by atoms with Crippen molar-refractivity contribution in [3.63, 3.8) is 0 Å². The van der Waals surface area contributed by atoms with Crippen LogP contribution in [-0.2, 0) is 9.53 Å². The summed E-state index contributed by atoms with van der Waals surface area (Å²) in [5.41, 5.74) is 7.08. The molecule has 0 radical (unpaired) electrons. The second kappa shape index (κ2) is 12.1. The standard InChI is InChI=1S/C27H44N4O4/c1-18(20-10-13-29-14-11-20)12-16-34-21-8-9-22(19(2)17-21)24(30-26(33)35-27(3,4)5)25(32)31-15-6-7-23(31)28/h8-9,17-18,20,23-24,29H,6-7,10-16,28H2,1-5H3,(H,30,33)/t18-,23+,24?/m1/s1. The van der Waals surface area contributed by atoms with Crippen molar-refractivity contribution in [3.8, 4) is 5.75 Å². The summed E-state index contributed by atoms with van der Waals surface area (Å²) in [6, 6.07) is 4.80. The van der Waals surface area contributed by atoms with Gasteiger partial charge < -0.3 is 30.7 Å². The van der Waals surface area contributed by atoms with E-state index in [2.05, 4.69) is 17.6 Å². The maximum absolute atomic E-state index is 13.4. The fourth-order valence-electron chi connectivity index (χ4n) is 5.00. The minimum Gasteiger partial charge on any atom is -0.494 e. The van der Waals surface area contributed by atoms with Gasteiger partial charge in [0.1, 0.15) is 17.4 Å². The molecule has 2 aliphatic heterocycles. The largest absolute Gasteiger partial charge is 0.494 e. The van der Waals surface area contributed by atoms with Gasteiger partial charge in [0.2, 0.25) is 0 Å². The molecule has 196 valence electrons. The quantitative estimate of drug-likeness (QED) is 0.513. The van der Waals surface area contributed by atoms with E-state index in [1.54, 1.807) is 25.7 Å². The van der Waals surface area contributed by atoms with E-state index >= 15 is 0 Å². The molecule has 2 heterocycles. The molecule has 4 N–H and O–H groups in total. The Morgan fingerprint density at radius 1 is 1.23 bits per heavy atom. The normalized spacial score (nSPS) is 20.9. The Morgan fingerprint density at radius 3 is 2.54 bits per heavy atom. The van der Waals surface area contributed by atoms with E-state index in [1.165, 1.54) is 12.8 Å². The summed E-state index contributed by atoms with van der Waals surface area (Å²) in [7, 11) is 0. The number of hydrogen-bond donors (Lipinski definition) is 3. The fraction of sp³-hybridized carbons (Fsp3) is 0.704. The number of carbonyl (C=O) groups is 2. The van der Waals surface area contributed by atoms with Crippen molar-refractivity contribution in [2.75, 3.05) is 26.2 Å². The number of benzene rings is 1. The summed E-state index contributed by atoms with van der Waals surface area (Å²) in [5.74, 6) is 1.94. The van der Waals surface area contributed by atoms with Gasteiger partial charge in [-0.3, -0.25) is 4.79 Å². The monoisotopic (exact) mass is 488 g/mol. The van der Waals surface area contributed by atoms with Crippen LogP contribution in [0.1, 0.15) is 77.0 Å². The van der Waals surface area contributed by atoms with E-state index in [9.17, 15) is 9.59 Å². The lowest BCUT2D eigenvalue weighted by molar-refractivity contribution is -0.134. The molecular formula is C27H44N4O4. The molecule has 2 fully saturated rings. The first-order valence-electron chi connectivity index (χ1n) is 13.0. The molecule has 8 nitrogen and oxygen atoms in total. The lowest BCUT2D eigenvalue weighted by Gasteiger charge is -2.29. The summed E-state index contributed by atoms with van der Waals surface area (Å²) in [6.45, 7) is 13.1. The van der Waals surface area contributed by atoms with Crippen LogP contribution in [0.3, 0.4) is 0 Å². The molecular weight excluding hydrogens is 444 g/mol. The summed E-state index contributed by atoms with van der Waals surface area (Å²) in [5, 5.41) is 6.21. The topological polar surface area (TPSA) is 106 Å². The Bertz CT molecular complexity index is 863. The van der Waals surface area contributed by atoms with Gasteiger partial charge >= 0.3 is 6.09 Å². The van der Waals surface area contributed by atoms with E-state index < -0.39 is 17.7 Å². The first kappa shape index (κ1) is 27.3. The van der Waals surface area contributed by atoms with Crippen molar-refractivity contribution >= 4 is 12.0 Å². The zero-order chi connectivity index (χ0) is 25.6. The van der Waals surface area contributed by atoms with E-state index in [0.717, 1.165) is 55.1 Å². The Morgan fingerprint density at radius 2 is 1.94 bits per heavy atom. The van der Waals surface area contributed by atoms with Gasteiger partial charge in [-0.2, -0.15) is 0 Å². The molecule has 3 rings (SSSR count). The third-order valence-corrected chi connectivity index (χ3v) is 7.07. The van der Waals surface area contributed by atoms with Crippen LogP contribution in [-0.4, -0.2) is 54.9 Å². The molecule has 8 heteroatoms. The van der Waals surface area contributed by atoms with Crippen molar-refractivity contribution in [2.45, 2.75) is 84.5 Å². The molecule has 0 bridgehead atoms. The number of likely N-dealkylation sites (tertiary alicyclic amines) is 1. The number of piperidine rings is 1. The smallest absolute Gasteiger partial charge is 0.408 e. The summed E-state index contributed by atoms with van der Waals surface area (Å²) in [4.78, 5) is 27.7. The molecule has 1 aromatic carbocycles. The van der Waals surface area contributed by atoms with Crippen molar-refractivity contribution in [2.24, 2.45) is 17.6 Å². The molecule has 0 aliphatic carbocycles.